The van der Waals surface area contributed by atoms with Crippen molar-refractivity contribution in [3.05, 3.63) is 35.9 Å². The zero-order chi connectivity index (χ0) is 33.1. The molecule has 5 N–H and O–H groups in total. The van der Waals surface area contributed by atoms with Crippen molar-refractivity contribution in [2.24, 2.45) is 17.6 Å². The first-order chi connectivity index (χ1) is 20.6. The van der Waals surface area contributed by atoms with Crippen LogP contribution in [-0.4, -0.2) is 85.5 Å². The smallest absolute Gasteiger partial charge is 0.465 e. The predicted octanol–water partition coefficient (Wildman–Crippen LogP) is 1.88. The zero-order valence-corrected chi connectivity index (χ0v) is 27.4. The third-order valence-corrected chi connectivity index (χ3v) is 11.6. The van der Waals surface area contributed by atoms with Crippen LogP contribution in [0, 0.1) is 11.8 Å². The minimum atomic E-state index is -3.62. The lowest BCUT2D eigenvalue weighted by Crippen LogP contribution is -2.64. The van der Waals surface area contributed by atoms with Crippen molar-refractivity contribution in [1.29, 1.82) is 0 Å². The van der Waals surface area contributed by atoms with Crippen molar-refractivity contribution >= 4 is 50.0 Å². The van der Waals surface area contributed by atoms with Crippen LogP contribution in [0.4, 0.5) is 4.79 Å². The van der Waals surface area contributed by atoms with Crippen LogP contribution in [0.5, 0.6) is 0 Å². The van der Waals surface area contributed by atoms with Crippen LogP contribution in [0.2, 0.25) is 0 Å². The number of nitrogens with two attached hydrogens (primary N) is 1. The second-order valence-corrected chi connectivity index (χ2v) is 15.7. The first kappa shape index (κ1) is 37.7. The number of hydrogen-bond acceptors (Lipinski definition) is 11. The summed E-state index contributed by atoms with van der Waals surface area (Å²) in [5, 5.41) is 2.52. The van der Waals surface area contributed by atoms with Crippen LogP contribution in [0.1, 0.15) is 57.4 Å². The van der Waals surface area contributed by atoms with Gasteiger partial charge < -0.3 is 34.4 Å². The molecule has 14 nitrogen and oxygen atoms in total. The van der Waals surface area contributed by atoms with Gasteiger partial charge in [-0.25, -0.2) is 26.4 Å². The molecule has 1 aromatic rings. The fraction of sp³-hybridized carbons (Fsp3) is 0.667. The number of esters is 1. The number of carbonyl (C=O) groups excluding carboxylic acids is 3. The summed E-state index contributed by atoms with van der Waals surface area (Å²) in [7, 11) is -2.57. The van der Waals surface area contributed by atoms with Gasteiger partial charge in [-0.15, -0.1) is 0 Å². The van der Waals surface area contributed by atoms with Crippen molar-refractivity contribution in [1.82, 2.24) is 5.32 Å². The topological polar surface area (TPSA) is 226 Å². The molecule has 250 valence electrons. The normalized spacial score (nSPS) is 19.7. The van der Waals surface area contributed by atoms with E-state index in [1.54, 1.807) is 30.3 Å². The molecule has 0 saturated heterocycles. The van der Waals surface area contributed by atoms with Crippen LogP contribution in [0.25, 0.3) is 0 Å². The first-order valence-electron chi connectivity index (χ1n) is 14.1. The molecule has 44 heavy (non-hydrogen) atoms. The van der Waals surface area contributed by atoms with Gasteiger partial charge in [-0.1, -0.05) is 49.6 Å². The Kier molecular flexibility index (Phi) is 14.4. The minimum absolute atomic E-state index is 0.0934. The van der Waals surface area contributed by atoms with Crippen molar-refractivity contribution in [2.75, 3.05) is 25.7 Å². The summed E-state index contributed by atoms with van der Waals surface area (Å²) < 4.78 is 82.8. The number of benzene rings is 1. The summed E-state index contributed by atoms with van der Waals surface area (Å²) >= 11 is -6.28. The van der Waals surface area contributed by atoms with E-state index in [-0.39, 0.29) is 13.0 Å². The summed E-state index contributed by atoms with van der Waals surface area (Å²) in [6.45, 7) is 1.43. The Morgan fingerprint density at radius 2 is 1.68 bits per heavy atom. The summed E-state index contributed by atoms with van der Waals surface area (Å²) in [6.07, 6.45) is 1.17. The third-order valence-electron chi connectivity index (χ3n) is 7.67. The molecule has 1 fully saturated rings. The number of ether oxygens (including phenoxy) is 3. The Labute approximate surface area is 262 Å². The monoisotopic (exact) mass is 682 g/mol. The highest BCUT2D eigenvalue weighted by Crippen LogP contribution is 2.37. The highest BCUT2D eigenvalue weighted by atomic mass is 32.3. The van der Waals surface area contributed by atoms with E-state index >= 15 is 0 Å². The van der Waals surface area contributed by atoms with E-state index in [1.165, 1.54) is 6.92 Å². The maximum atomic E-state index is 14.2. The Bertz CT molecular complexity index is 1270. The van der Waals surface area contributed by atoms with Crippen LogP contribution < -0.4 is 11.1 Å². The number of methoxy groups -OCH3 is 1. The Morgan fingerprint density at radius 1 is 1.09 bits per heavy atom. The maximum Gasteiger partial charge on any atom is 0.510 e. The standard InChI is InChI=1S/C27H42N2O12S3/c1-4-40-25(32)41-27(24(31)39-2,21-13-9-6-10-14-21)29-23(30)20(17-19-11-7-5-8-12-19)18-26(42(33)34,43(35)36)22(28)15-16-44(3,37)38/h5,7-8,11-12,20-22H,4,6,9-10,13-18,28H2,1-3H3,(H,29,30)(H,33,34)(H,35,36). The lowest BCUT2D eigenvalue weighted by molar-refractivity contribution is -0.183. The van der Waals surface area contributed by atoms with E-state index in [2.05, 4.69) is 5.32 Å². The average molecular weight is 683 g/mol. The molecular formula is C27H42N2O12S3. The fourth-order valence-electron chi connectivity index (χ4n) is 5.37. The molecule has 0 heterocycles. The number of nitrogens with one attached hydrogen (secondary N) is 1. The number of carbonyl (C=O) groups is 3. The highest BCUT2D eigenvalue weighted by Gasteiger charge is 2.56. The Hall–Kier alpha value is -2.44. The van der Waals surface area contributed by atoms with Gasteiger partial charge >= 0.3 is 12.1 Å². The van der Waals surface area contributed by atoms with E-state index in [9.17, 15) is 40.3 Å². The molecule has 0 radical (unpaired) electrons. The molecule has 2 rings (SSSR count). The maximum absolute atomic E-state index is 14.2. The van der Waals surface area contributed by atoms with Crippen LogP contribution in [0.3, 0.4) is 0 Å². The number of sulfone groups is 1. The van der Waals surface area contributed by atoms with Gasteiger partial charge in [-0.2, -0.15) is 0 Å². The zero-order valence-electron chi connectivity index (χ0n) is 25.0. The lowest BCUT2D eigenvalue weighted by atomic mass is 9.80. The van der Waals surface area contributed by atoms with Crippen LogP contribution in [0.15, 0.2) is 30.3 Å². The van der Waals surface area contributed by atoms with Crippen LogP contribution >= 0.6 is 0 Å². The van der Waals surface area contributed by atoms with E-state index in [1.807, 2.05) is 0 Å². The van der Waals surface area contributed by atoms with E-state index < -0.39 is 96.3 Å². The van der Waals surface area contributed by atoms with Crippen molar-refractivity contribution < 1.29 is 54.5 Å². The lowest BCUT2D eigenvalue weighted by Gasteiger charge is -2.40. The molecule has 1 aliphatic carbocycles. The second-order valence-electron chi connectivity index (χ2n) is 10.8. The van der Waals surface area contributed by atoms with Gasteiger partial charge in [-0.3, -0.25) is 4.79 Å². The molecule has 17 heteroatoms. The minimum Gasteiger partial charge on any atom is -0.465 e. The molecule has 0 aromatic heterocycles. The molecule has 5 unspecified atom stereocenters. The number of amides is 1. The first-order valence-corrected chi connectivity index (χ1v) is 18.4. The summed E-state index contributed by atoms with van der Waals surface area (Å²) in [6, 6.07) is 6.75. The van der Waals surface area contributed by atoms with E-state index in [4.69, 9.17) is 19.9 Å². The second kappa shape index (κ2) is 16.7. The molecule has 0 spiro atoms. The molecule has 0 aliphatic heterocycles. The van der Waals surface area contributed by atoms with Gasteiger partial charge in [0.05, 0.1) is 19.5 Å². The van der Waals surface area contributed by atoms with E-state index in [0.29, 0.717) is 31.2 Å². The molecule has 1 amide bonds. The van der Waals surface area contributed by atoms with Gasteiger partial charge in [0.15, 0.2) is 26.2 Å². The van der Waals surface area contributed by atoms with E-state index in [0.717, 1.165) is 19.8 Å². The largest absolute Gasteiger partial charge is 0.510 e. The molecule has 1 aliphatic rings. The molecule has 5 atom stereocenters. The van der Waals surface area contributed by atoms with Gasteiger partial charge in [0, 0.05) is 24.1 Å². The summed E-state index contributed by atoms with van der Waals surface area (Å²) in [5.41, 5.74) is 4.36. The molecular weight excluding hydrogens is 640 g/mol. The SMILES string of the molecule is CCOC(=O)OC(NC(=O)C(Cc1ccccc1)CC(C(N)CCS(C)(=O)=O)(S(=O)O)S(=O)O)(C(=O)OC)C1CCCCC1. The number of hydrogen-bond donors (Lipinski definition) is 4. The van der Waals surface area contributed by atoms with Gasteiger partial charge in [-0.05, 0) is 44.6 Å². The molecule has 1 aromatic carbocycles. The third kappa shape index (κ3) is 9.78. The number of rotatable bonds is 16. The van der Waals surface area contributed by atoms with Gasteiger partial charge in [0.2, 0.25) is 5.91 Å². The molecule has 1 saturated carbocycles. The quantitative estimate of drug-likeness (QED) is 0.111. The van der Waals surface area contributed by atoms with Gasteiger partial charge in [0.1, 0.15) is 9.84 Å². The summed E-state index contributed by atoms with van der Waals surface area (Å²) in [4.78, 5) is 40.1. The van der Waals surface area contributed by atoms with Crippen molar-refractivity contribution in [2.45, 2.75) is 74.1 Å². The Balaban J connectivity index is 2.66. The predicted molar refractivity (Wildman–Crippen MR) is 162 cm³/mol. The van der Waals surface area contributed by atoms with Crippen molar-refractivity contribution in [3.8, 4) is 0 Å². The fourth-order valence-corrected chi connectivity index (χ4v) is 7.98. The average Bonchev–Trinajstić information content (AvgIpc) is 2.97. The highest BCUT2D eigenvalue weighted by molar-refractivity contribution is 7.99. The van der Waals surface area contributed by atoms with Crippen LogP contribution in [-0.2, 0) is 62.2 Å². The molecule has 0 bridgehead atoms. The van der Waals surface area contributed by atoms with Crippen molar-refractivity contribution in [3.63, 3.8) is 0 Å². The Morgan fingerprint density at radius 3 is 2.18 bits per heavy atom. The summed E-state index contributed by atoms with van der Waals surface area (Å²) in [5.74, 6) is -4.75. The van der Waals surface area contributed by atoms with Gasteiger partial charge in [0.25, 0.3) is 5.72 Å².